The molecule has 1 N–H and O–H groups in total. The summed E-state index contributed by atoms with van der Waals surface area (Å²) in [7, 11) is 0. The van der Waals surface area contributed by atoms with E-state index < -0.39 is 0 Å². The quantitative estimate of drug-likeness (QED) is 0.483. The normalized spacial score (nSPS) is 11.7. The van der Waals surface area contributed by atoms with Crippen molar-refractivity contribution in [2.45, 2.75) is 27.4 Å². The number of ketones is 1. The molecule has 1 aromatic carbocycles. The molecule has 0 heterocycles. The van der Waals surface area contributed by atoms with Crippen LogP contribution in [0.3, 0.4) is 0 Å². The molecule has 0 saturated carbocycles. The van der Waals surface area contributed by atoms with Crippen molar-refractivity contribution < 1.29 is 9.63 Å². The lowest BCUT2D eigenvalue weighted by Gasteiger charge is -2.12. The molecule has 3 nitrogen and oxygen atoms in total. The van der Waals surface area contributed by atoms with E-state index in [0.29, 0.717) is 6.61 Å². The summed E-state index contributed by atoms with van der Waals surface area (Å²) in [6.45, 7) is 6.11. The maximum Gasteiger partial charge on any atom is 0.162 e. The van der Waals surface area contributed by atoms with E-state index in [2.05, 4.69) is 5.48 Å². The molecule has 0 saturated heterocycles. The van der Waals surface area contributed by atoms with Crippen molar-refractivity contribution in [2.75, 3.05) is 0 Å². The minimum absolute atomic E-state index is 0.0633. The summed E-state index contributed by atoms with van der Waals surface area (Å²) < 4.78 is 0. The first-order valence-electron chi connectivity index (χ1n) is 5.62. The fourth-order valence-corrected chi connectivity index (χ4v) is 1.11. The highest BCUT2D eigenvalue weighted by atomic mass is 16.6. The number of hydrogen-bond donors (Lipinski definition) is 1. The minimum Gasteiger partial charge on any atom is -0.294 e. The number of hydrogen-bond acceptors (Lipinski definition) is 3. The minimum atomic E-state index is -0.350. The van der Waals surface area contributed by atoms with Crippen LogP contribution in [0.4, 0.5) is 0 Å². The van der Waals surface area contributed by atoms with Crippen LogP contribution in [0.25, 0.3) is 0 Å². The van der Waals surface area contributed by atoms with E-state index in [0.717, 1.165) is 5.56 Å². The van der Waals surface area contributed by atoms with Gasteiger partial charge in [0.1, 0.15) is 0 Å². The van der Waals surface area contributed by atoms with Gasteiger partial charge in [-0.1, -0.05) is 51.1 Å². The fourth-order valence-electron chi connectivity index (χ4n) is 1.11. The van der Waals surface area contributed by atoms with Crippen LogP contribution in [-0.2, 0) is 16.2 Å². The van der Waals surface area contributed by atoms with Gasteiger partial charge in [0.2, 0.25) is 0 Å². The van der Waals surface area contributed by atoms with Crippen LogP contribution in [0, 0.1) is 5.41 Å². The second-order valence-electron chi connectivity index (χ2n) is 4.84. The molecule has 0 aromatic heterocycles. The maximum atomic E-state index is 11.5. The Kier molecular flexibility index (Phi) is 4.91. The van der Waals surface area contributed by atoms with Crippen molar-refractivity contribution in [1.29, 1.82) is 0 Å². The van der Waals surface area contributed by atoms with E-state index >= 15 is 0 Å². The van der Waals surface area contributed by atoms with Gasteiger partial charge < -0.3 is 0 Å². The Hall–Kier alpha value is -1.61. The fraction of sp³-hybridized carbons (Fsp3) is 0.357. The Morgan fingerprint density at radius 3 is 2.53 bits per heavy atom. The van der Waals surface area contributed by atoms with Crippen LogP contribution < -0.4 is 5.48 Å². The highest BCUT2D eigenvalue weighted by Gasteiger charge is 2.17. The summed E-state index contributed by atoms with van der Waals surface area (Å²) in [5.41, 5.74) is 3.37. The van der Waals surface area contributed by atoms with Gasteiger partial charge in [-0.2, -0.15) is 0 Å². The van der Waals surface area contributed by atoms with Gasteiger partial charge in [-0.3, -0.25) is 15.1 Å². The number of carbonyl (C=O) groups excluding carboxylic acids is 1. The van der Waals surface area contributed by atoms with Crippen LogP contribution in [-0.4, -0.2) is 5.78 Å². The average molecular weight is 233 g/mol. The van der Waals surface area contributed by atoms with Gasteiger partial charge in [-0.15, -0.1) is 0 Å². The summed E-state index contributed by atoms with van der Waals surface area (Å²) in [6, 6.07) is 9.82. The predicted octanol–water partition coefficient (Wildman–Crippen LogP) is 2.84. The van der Waals surface area contributed by atoms with E-state index in [9.17, 15) is 4.79 Å². The van der Waals surface area contributed by atoms with Gasteiger partial charge in [0.25, 0.3) is 0 Å². The Morgan fingerprint density at radius 1 is 1.29 bits per heavy atom. The number of nitrogens with one attached hydrogen (secondary N) is 1. The topological polar surface area (TPSA) is 38.3 Å². The lowest BCUT2D eigenvalue weighted by atomic mass is 9.91. The molecule has 0 amide bonds. The van der Waals surface area contributed by atoms with Gasteiger partial charge in [-0.25, -0.2) is 0 Å². The molecule has 0 fully saturated rings. The first-order chi connectivity index (χ1) is 8.00. The van der Waals surface area contributed by atoms with Gasteiger partial charge in [0.05, 0.1) is 6.61 Å². The third-order valence-electron chi connectivity index (χ3n) is 2.21. The Morgan fingerprint density at radius 2 is 1.94 bits per heavy atom. The zero-order valence-corrected chi connectivity index (χ0v) is 10.6. The largest absolute Gasteiger partial charge is 0.294 e. The zero-order valence-electron chi connectivity index (χ0n) is 10.6. The Labute approximate surface area is 102 Å². The molecule has 92 valence electrons. The molecule has 0 aliphatic heterocycles. The van der Waals surface area contributed by atoms with Crippen molar-refractivity contribution in [3.05, 3.63) is 48.2 Å². The number of benzene rings is 1. The third-order valence-corrected chi connectivity index (χ3v) is 2.21. The summed E-state index contributed by atoms with van der Waals surface area (Å²) in [5.74, 6) is 0.0633. The molecule has 1 rings (SSSR count). The van der Waals surface area contributed by atoms with Crippen LogP contribution in [0.15, 0.2) is 42.6 Å². The van der Waals surface area contributed by atoms with Crippen LogP contribution in [0.5, 0.6) is 0 Å². The van der Waals surface area contributed by atoms with Gasteiger partial charge >= 0.3 is 0 Å². The molecule has 0 atom stereocenters. The van der Waals surface area contributed by atoms with Gasteiger partial charge in [-0.05, 0) is 11.6 Å². The van der Waals surface area contributed by atoms with E-state index in [-0.39, 0.29) is 11.2 Å². The number of rotatable bonds is 5. The van der Waals surface area contributed by atoms with Crippen molar-refractivity contribution >= 4 is 5.78 Å². The van der Waals surface area contributed by atoms with Gasteiger partial charge in [0, 0.05) is 11.6 Å². The van der Waals surface area contributed by atoms with Gasteiger partial charge in [0.15, 0.2) is 5.78 Å². The van der Waals surface area contributed by atoms with E-state index in [1.165, 1.54) is 12.3 Å². The smallest absolute Gasteiger partial charge is 0.162 e. The molecule has 0 radical (unpaired) electrons. The number of carbonyl (C=O) groups is 1. The molecule has 17 heavy (non-hydrogen) atoms. The summed E-state index contributed by atoms with van der Waals surface area (Å²) in [4.78, 5) is 16.7. The maximum absolute atomic E-state index is 11.5. The summed E-state index contributed by atoms with van der Waals surface area (Å²) in [6.07, 6.45) is 3.02. The highest BCUT2D eigenvalue weighted by molar-refractivity contribution is 5.93. The zero-order chi connectivity index (χ0) is 12.7. The second-order valence-corrected chi connectivity index (χ2v) is 4.84. The molecule has 0 unspecified atom stereocenters. The van der Waals surface area contributed by atoms with Crippen LogP contribution in [0.1, 0.15) is 26.3 Å². The van der Waals surface area contributed by atoms with Crippen molar-refractivity contribution in [1.82, 2.24) is 5.48 Å². The first-order valence-corrected chi connectivity index (χ1v) is 5.62. The Balaban J connectivity index is 2.25. The third kappa shape index (κ3) is 5.31. The molecule has 0 spiro atoms. The summed E-state index contributed by atoms with van der Waals surface area (Å²) >= 11 is 0. The summed E-state index contributed by atoms with van der Waals surface area (Å²) in [5, 5.41) is 0. The first kappa shape index (κ1) is 13.5. The predicted molar refractivity (Wildman–Crippen MR) is 68.0 cm³/mol. The number of allylic oxidation sites excluding steroid dienone is 1. The molecule has 3 heteroatoms. The van der Waals surface area contributed by atoms with Crippen LogP contribution in [0.2, 0.25) is 0 Å². The van der Waals surface area contributed by atoms with E-state index in [4.69, 9.17) is 4.84 Å². The number of hydroxylamine groups is 1. The SMILES string of the molecule is CC(C)(C)C(=O)C=CNOCc1ccccc1. The lowest BCUT2D eigenvalue weighted by Crippen LogP contribution is -2.18. The molecule has 1 aromatic rings. The molecule has 0 aliphatic carbocycles. The molecular formula is C14H19NO2. The Bertz CT molecular complexity index is 377. The standard InChI is InChI=1S/C14H19NO2/c1-14(2,3)13(16)9-10-15-17-11-12-7-5-4-6-8-12/h4-10,15H,11H2,1-3H3. The van der Waals surface area contributed by atoms with E-state index in [1.54, 1.807) is 0 Å². The molecule has 0 aliphatic rings. The average Bonchev–Trinajstić information content (AvgIpc) is 2.28. The monoisotopic (exact) mass is 233 g/mol. The lowest BCUT2D eigenvalue weighted by molar-refractivity contribution is -0.121. The highest BCUT2D eigenvalue weighted by Crippen LogP contribution is 2.14. The second kappa shape index (κ2) is 6.21. The van der Waals surface area contributed by atoms with E-state index in [1.807, 2.05) is 51.1 Å². The van der Waals surface area contributed by atoms with Crippen LogP contribution >= 0.6 is 0 Å². The molecular weight excluding hydrogens is 214 g/mol. The van der Waals surface area contributed by atoms with Crippen molar-refractivity contribution in [3.8, 4) is 0 Å². The van der Waals surface area contributed by atoms with Crippen molar-refractivity contribution in [3.63, 3.8) is 0 Å². The van der Waals surface area contributed by atoms with Crippen molar-refractivity contribution in [2.24, 2.45) is 5.41 Å². The molecule has 0 bridgehead atoms.